The van der Waals surface area contributed by atoms with Gasteiger partial charge in [0.15, 0.2) is 0 Å². The second-order valence-corrected chi connectivity index (χ2v) is 4.52. The van der Waals surface area contributed by atoms with Crippen molar-refractivity contribution in [2.45, 2.75) is 0 Å². The Hall–Kier alpha value is -3.15. The Kier molecular flexibility index (Phi) is 3.12. The molecule has 0 radical (unpaired) electrons. The van der Waals surface area contributed by atoms with E-state index in [-0.39, 0.29) is 5.69 Å². The molecule has 1 heterocycles. The molecule has 0 aliphatic rings. The molecule has 0 saturated heterocycles. The quantitative estimate of drug-likeness (QED) is 0.590. The van der Waals surface area contributed by atoms with Gasteiger partial charge in [0.1, 0.15) is 5.69 Å². The Morgan fingerprint density at radius 3 is 2.57 bits per heavy atom. The summed E-state index contributed by atoms with van der Waals surface area (Å²) in [7, 11) is 0. The summed E-state index contributed by atoms with van der Waals surface area (Å²) in [5.41, 5.74) is 8.50. The van der Waals surface area contributed by atoms with Crippen LogP contribution in [0.3, 0.4) is 0 Å². The minimum atomic E-state index is -0.437. The standard InChI is InChI=1S/C15H12N4O2/c16-14-10-18(12-6-2-1-3-7-12)17-15(14)11-5-4-8-13(9-11)19(20)21/h1-10H,16H2. The van der Waals surface area contributed by atoms with Crippen LogP contribution < -0.4 is 5.73 Å². The lowest BCUT2D eigenvalue weighted by molar-refractivity contribution is -0.384. The number of nitrogens with two attached hydrogens (primary N) is 1. The molecule has 104 valence electrons. The molecular weight excluding hydrogens is 268 g/mol. The number of hydrogen-bond donors (Lipinski definition) is 1. The first-order valence-corrected chi connectivity index (χ1v) is 6.30. The second kappa shape index (κ2) is 5.09. The summed E-state index contributed by atoms with van der Waals surface area (Å²) in [6.07, 6.45) is 1.70. The van der Waals surface area contributed by atoms with Crippen molar-refractivity contribution in [3.05, 3.63) is 70.9 Å². The van der Waals surface area contributed by atoms with Gasteiger partial charge < -0.3 is 5.73 Å². The summed E-state index contributed by atoms with van der Waals surface area (Å²) >= 11 is 0. The van der Waals surface area contributed by atoms with Crippen LogP contribution in [0.5, 0.6) is 0 Å². The molecule has 0 atom stereocenters. The molecule has 2 N–H and O–H groups in total. The van der Waals surface area contributed by atoms with Crippen LogP contribution in [0, 0.1) is 10.1 Å². The van der Waals surface area contributed by atoms with Crippen molar-refractivity contribution in [2.24, 2.45) is 0 Å². The molecular formula is C15H12N4O2. The van der Waals surface area contributed by atoms with E-state index in [1.54, 1.807) is 23.0 Å². The highest BCUT2D eigenvalue weighted by atomic mass is 16.6. The Morgan fingerprint density at radius 1 is 1.10 bits per heavy atom. The SMILES string of the molecule is Nc1cn(-c2ccccc2)nc1-c1cccc([N+](=O)[O-])c1. The first-order valence-electron chi connectivity index (χ1n) is 6.30. The molecule has 0 bridgehead atoms. The molecule has 0 aliphatic carbocycles. The fourth-order valence-electron chi connectivity index (χ4n) is 2.09. The first kappa shape index (κ1) is 12.9. The smallest absolute Gasteiger partial charge is 0.270 e. The number of nitrogen functional groups attached to an aromatic ring is 1. The van der Waals surface area contributed by atoms with Crippen LogP contribution in [0.1, 0.15) is 0 Å². The number of nitrogens with zero attached hydrogens (tertiary/aromatic N) is 3. The van der Waals surface area contributed by atoms with Crippen molar-refractivity contribution in [1.29, 1.82) is 0 Å². The van der Waals surface area contributed by atoms with Crippen LogP contribution in [-0.2, 0) is 0 Å². The maximum Gasteiger partial charge on any atom is 0.270 e. The number of nitro groups is 1. The third kappa shape index (κ3) is 2.46. The van der Waals surface area contributed by atoms with Gasteiger partial charge in [-0.05, 0) is 12.1 Å². The van der Waals surface area contributed by atoms with E-state index in [0.29, 0.717) is 16.9 Å². The minimum Gasteiger partial charge on any atom is -0.396 e. The van der Waals surface area contributed by atoms with E-state index in [1.807, 2.05) is 30.3 Å². The van der Waals surface area contributed by atoms with E-state index >= 15 is 0 Å². The lowest BCUT2D eigenvalue weighted by Gasteiger charge is -2.00. The molecule has 3 rings (SSSR count). The molecule has 21 heavy (non-hydrogen) atoms. The molecule has 0 amide bonds. The summed E-state index contributed by atoms with van der Waals surface area (Å²) < 4.78 is 1.66. The average Bonchev–Trinajstić information content (AvgIpc) is 2.90. The Labute approximate surface area is 120 Å². The van der Waals surface area contributed by atoms with E-state index in [2.05, 4.69) is 5.10 Å². The fourth-order valence-corrected chi connectivity index (χ4v) is 2.09. The van der Waals surface area contributed by atoms with Crippen molar-refractivity contribution in [2.75, 3.05) is 5.73 Å². The number of nitro benzene ring substituents is 1. The van der Waals surface area contributed by atoms with Crippen molar-refractivity contribution in [3.63, 3.8) is 0 Å². The molecule has 1 aromatic heterocycles. The van der Waals surface area contributed by atoms with Gasteiger partial charge in [0.25, 0.3) is 5.69 Å². The molecule has 0 fully saturated rings. The largest absolute Gasteiger partial charge is 0.396 e. The van der Waals surface area contributed by atoms with Crippen LogP contribution in [-0.4, -0.2) is 14.7 Å². The summed E-state index contributed by atoms with van der Waals surface area (Å²) in [6, 6.07) is 15.8. The average molecular weight is 280 g/mol. The zero-order valence-corrected chi connectivity index (χ0v) is 11.0. The lowest BCUT2D eigenvalue weighted by atomic mass is 10.1. The number of hydrogen-bond acceptors (Lipinski definition) is 4. The van der Waals surface area contributed by atoms with Gasteiger partial charge in [-0.15, -0.1) is 0 Å². The summed E-state index contributed by atoms with van der Waals surface area (Å²) in [5.74, 6) is 0. The Morgan fingerprint density at radius 2 is 1.86 bits per heavy atom. The Bertz CT molecular complexity index is 796. The predicted octanol–water partition coefficient (Wildman–Crippen LogP) is 3.03. The van der Waals surface area contributed by atoms with Gasteiger partial charge >= 0.3 is 0 Å². The molecule has 6 heteroatoms. The highest BCUT2D eigenvalue weighted by molar-refractivity contribution is 5.73. The van der Waals surface area contributed by atoms with Gasteiger partial charge in [-0.25, -0.2) is 4.68 Å². The highest BCUT2D eigenvalue weighted by Gasteiger charge is 2.13. The third-order valence-electron chi connectivity index (χ3n) is 3.09. The van der Waals surface area contributed by atoms with Gasteiger partial charge in [-0.2, -0.15) is 5.10 Å². The second-order valence-electron chi connectivity index (χ2n) is 4.52. The first-order chi connectivity index (χ1) is 10.1. The molecule has 0 saturated carbocycles. The number of para-hydroxylation sites is 1. The molecule has 0 unspecified atom stereocenters. The lowest BCUT2D eigenvalue weighted by Crippen LogP contribution is -1.94. The van der Waals surface area contributed by atoms with Crippen LogP contribution >= 0.6 is 0 Å². The molecule has 3 aromatic rings. The monoisotopic (exact) mass is 280 g/mol. The van der Waals surface area contributed by atoms with E-state index in [4.69, 9.17) is 5.73 Å². The van der Waals surface area contributed by atoms with Crippen LogP contribution in [0.2, 0.25) is 0 Å². The zero-order chi connectivity index (χ0) is 14.8. The van der Waals surface area contributed by atoms with Crippen molar-refractivity contribution in [1.82, 2.24) is 9.78 Å². The van der Waals surface area contributed by atoms with E-state index in [0.717, 1.165) is 5.69 Å². The van der Waals surface area contributed by atoms with Crippen LogP contribution in [0.15, 0.2) is 60.8 Å². The third-order valence-corrected chi connectivity index (χ3v) is 3.09. The number of aromatic nitrogens is 2. The number of rotatable bonds is 3. The normalized spacial score (nSPS) is 10.5. The molecule has 0 spiro atoms. The maximum absolute atomic E-state index is 10.8. The summed E-state index contributed by atoms with van der Waals surface area (Å²) in [6.45, 7) is 0. The topological polar surface area (TPSA) is 87.0 Å². The van der Waals surface area contributed by atoms with E-state index in [9.17, 15) is 10.1 Å². The van der Waals surface area contributed by atoms with Crippen LogP contribution in [0.25, 0.3) is 16.9 Å². The van der Waals surface area contributed by atoms with E-state index in [1.165, 1.54) is 12.1 Å². The van der Waals surface area contributed by atoms with Gasteiger partial charge in [0, 0.05) is 17.7 Å². The number of anilines is 1. The van der Waals surface area contributed by atoms with Crippen molar-refractivity contribution >= 4 is 11.4 Å². The maximum atomic E-state index is 10.8. The zero-order valence-electron chi connectivity index (χ0n) is 11.0. The predicted molar refractivity (Wildman–Crippen MR) is 80.1 cm³/mol. The number of benzene rings is 2. The fraction of sp³-hybridized carbons (Fsp3) is 0. The summed E-state index contributed by atoms with van der Waals surface area (Å²) in [5, 5.41) is 15.3. The van der Waals surface area contributed by atoms with Gasteiger partial charge in [-0.3, -0.25) is 10.1 Å². The highest BCUT2D eigenvalue weighted by Crippen LogP contribution is 2.28. The molecule has 6 nitrogen and oxygen atoms in total. The summed E-state index contributed by atoms with van der Waals surface area (Å²) in [4.78, 5) is 10.4. The van der Waals surface area contributed by atoms with Gasteiger partial charge in [0.05, 0.1) is 22.5 Å². The molecule has 0 aliphatic heterocycles. The molecule has 2 aromatic carbocycles. The van der Waals surface area contributed by atoms with Gasteiger partial charge in [-0.1, -0.05) is 30.3 Å². The van der Waals surface area contributed by atoms with Crippen LogP contribution in [0.4, 0.5) is 11.4 Å². The minimum absolute atomic E-state index is 0.0150. The van der Waals surface area contributed by atoms with Crippen molar-refractivity contribution in [3.8, 4) is 16.9 Å². The van der Waals surface area contributed by atoms with E-state index < -0.39 is 4.92 Å². The van der Waals surface area contributed by atoms with Gasteiger partial charge in [0.2, 0.25) is 0 Å². The Balaban J connectivity index is 2.06. The number of non-ortho nitro benzene ring substituents is 1. The van der Waals surface area contributed by atoms with Crippen molar-refractivity contribution < 1.29 is 4.92 Å².